The van der Waals surface area contributed by atoms with Crippen molar-refractivity contribution in [2.24, 2.45) is 0 Å². The SMILES string of the molecule is CCCNC(c1ccncc1C)c1cc(C)ccc1F. The Kier molecular flexibility index (Phi) is 4.85. The van der Waals surface area contributed by atoms with E-state index in [9.17, 15) is 4.39 Å². The van der Waals surface area contributed by atoms with Gasteiger partial charge in [-0.3, -0.25) is 4.98 Å². The number of hydrogen-bond acceptors (Lipinski definition) is 2. The van der Waals surface area contributed by atoms with Crippen molar-refractivity contribution >= 4 is 0 Å². The van der Waals surface area contributed by atoms with Gasteiger partial charge in [-0.2, -0.15) is 0 Å². The molecule has 0 fully saturated rings. The molecule has 0 radical (unpaired) electrons. The number of aryl methyl sites for hydroxylation is 2. The summed E-state index contributed by atoms with van der Waals surface area (Å²) >= 11 is 0. The van der Waals surface area contributed by atoms with Gasteiger partial charge in [0, 0.05) is 18.0 Å². The molecule has 0 amide bonds. The first-order chi connectivity index (χ1) is 9.63. The monoisotopic (exact) mass is 272 g/mol. The van der Waals surface area contributed by atoms with Crippen LogP contribution < -0.4 is 5.32 Å². The lowest BCUT2D eigenvalue weighted by atomic mass is 9.94. The molecular weight excluding hydrogens is 251 g/mol. The molecule has 0 aliphatic heterocycles. The van der Waals surface area contributed by atoms with E-state index in [0.29, 0.717) is 5.56 Å². The van der Waals surface area contributed by atoms with Crippen LogP contribution in [0, 0.1) is 19.7 Å². The first-order valence-corrected chi connectivity index (χ1v) is 7.03. The highest BCUT2D eigenvalue weighted by atomic mass is 19.1. The molecule has 1 unspecified atom stereocenters. The standard InChI is InChI=1S/C17H21FN2/c1-4-8-20-17(14-7-9-19-11-13(14)3)15-10-12(2)5-6-16(15)18/h5-7,9-11,17,20H,4,8H2,1-3H3. The Hall–Kier alpha value is -1.74. The summed E-state index contributed by atoms with van der Waals surface area (Å²) in [6, 6.07) is 7.10. The zero-order chi connectivity index (χ0) is 14.5. The molecular formula is C17H21FN2. The van der Waals surface area contributed by atoms with Gasteiger partial charge in [0.1, 0.15) is 5.82 Å². The predicted molar refractivity (Wildman–Crippen MR) is 80.2 cm³/mol. The molecule has 2 aromatic rings. The van der Waals surface area contributed by atoms with Crippen LogP contribution in [0.4, 0.5) is 4.39 Å². The van der Waals surface area contributed by atoms with Crippen LogP contribution >= 0.6 is 0 Å². The maximum Gasteiger partial charge on any atom is 0.128 e. The number of benzene rings is 1. The second kappa shape index (κ2) is 6.62. The molecule has 0 spiro atoms. The summed E-state index contributed by atoms with van der Waals surface area (Å²) in [5, 5.41) is 3.44. The fraction of sp³-hybridized carbons (Fsp3) is 0.353. The third-order valence-electron chi connectivity index (χ3n) is 3.44. The smallest absolute Gasteiger partial charge is 0.128 e. The topological polar surface area (TPSA) is 24.9 Å². The quantitative estimate of drug-likeness (QED) is 0.892. The van der Waals surface area contributed by atoms with Gasteiger partial charge in [-0.25, -0.2) is 4.39 Å². The van der Waals surface area contributed by atoms with Gasteiger partial charge in [0.2, 0.25) is 0 Å². The first-order valence-electron chi connectivity index (χ1n) is 7.03. The molecule has 1 heterocycles. The Bertz CT molecular complexity index is 581. The summed E-state index contributed by atoms with van der Waals surface area (Å²) in [7, 11) is 0. The van der Waals surface area contributed by atoms with Crippen molar-refractivity contribution in [2.45, 2.75) is 33.2 Å². The summed E-state index contributed by atoms with van der Waals surface area (Å²) in [5.41, 5.74) is 3.92. The largest absolute Gasteiger partial charge is 0.306 e. The maximum atomic E-state index is 14.2. The number of pyridine rings is 1. The fourth-order valence-electron chi connectivity index (χ4n) is 2.37. The number of halogens is 1. The molecule has 0 bridgehead atoms. The minimum Gasteiger partial charge on any atom is -0.306 e. The zero-order valence-corrected chi connectivity index (χ0v) is 12.3. The minimum absolute atomic E-state index is 0.127. The van der Waals surface area contributed by atoms with E-state index in [4.69, 9.17) is 0 Å². The van der Waals surface area contributed by atoms with Crippen LogP contribution in [0.25, 0.3) is 0 Å². The Labute approximate surface area is 120 Å². The van der Waals surface area contributed by atoms with Crippen molar-refractivity contribution < 1.29 is 4.39 Å². The molecule has 1 aromatic heterocycles. The van der Waals surface area contributed by atoms with E-state index in [1.807, 2.05) is 32.2 Å². The number of nitrogens with one attached hydrogen (secondary N) is 1. The van der Waals surface area contributed by atoms with Gasteiger partial charge in [0.25, 0.3) is 0 Å². The van der Waals surface area contributed by atoms with Crippen molar-refractivity contribution in [3.63, 3.8) is 0 Å². The van der Waals surface area contributed by atoms with Crippen molar-refractivity contribution in [3.05, 3.63) is 64.7 Å². The second-order valence-corrected chi connectivity index (χ2v) is 5.14. The van der Waals surface area contributed by atoms with Crippen molar-refractivity contribution in [3.8, 4) is 0 Å². The lowest BCUT2D eigenvalue weighted by Gasteiger charge is -2.22. The minimum atomic E-state index is -0.166. The molecule has 0 saturated heterocycles. The summed E-state index contributed by atoms with van der Waals surface area (Å²) in [4.78, 5) is 4.12. The molecule has 0 aliphatic carbocycles. The lowest BCUT2D eigenvalue weighted by molar-refractivity contribution is 0.544. The summed E-state index contributed by atoms with van der Waals surface area (Å²) in [6.45, 7) is 6.95. The molecule has 20 heavy (non-hydrogen) atoms. The summed E-state index contributed by atoms with van der Waals surface area (Å²) < 4.78 is 14.2. The highest BCUT2D eigenvalue weighted by Crippen LogP contribution is 2.27. The summed E-state index contributed by atoms with van der Waals surface area (Å²) in [5.74, 6) is -0.166. The van der Waals surface area contributed by atoms with Gasteiger partial charge in [-0.15, -0.1) is 0 Å². The van der Waals surface area contributed by atoms with E-state index < -0.39 is 0 Å². The molecule has 1 N–H and O–H groups in total. The number of hydrogen-bond donors (Lipinski definition) is 1. The number of aromatic nitrogens is 1. The normalized spacial score (nSPS) is 12.4. The van der Waals surface area contributed by atoms with Crippen LogP contribution in [0.1, 0.15) is 41.6 Å². The third kappa shape index (κ3) is 3.23. The summed E-state index contributed by atoms with van der Waals surface area (Å²) in [6.07, 6.45) is 4.59. The van der Waals surface area contributed by atoms with E-state index in [-0.39, 0.29) is 11.9 Å². The van der Waals surface area contributed by atoms with Crippen molar-refractivity contribution in [2.75, 3.05) is 6.54 Å². The maximum absolute atomic E-state index is 14.2. The molecule has 0 aliphatic rings. The molecule has 1 atom stereocenters. The van der Waals surface area contributed by atoms with Gasteiger partial charge in [-0.05, 0) is 50.1 Å². The molecule has 106 valence electrons. The van der Waals surface area contributed by atoms with E-state index in [1.54, 1.807) is 18.3 Å². The average molecular weight is 272 g/mol. The van der Waals surface area contributed by atoms with Crippen LogP contribution in [0.15, 0.2) is 36.7 Å². The highest BCUT2D eigenvalue weighted by Gasteiger charge is 2.19. The van der Waals surface area contributed by atoms with Crippen LogP contribution in [-0.2, 0) is 0 Å². The second-order valence-electron chi connectivity index (χ2n) is 5.14. The molecule has 3 heteroatoms. The third-order valence-corrected chi connectivity index (χ3v) is 3.44. The first kappa shape index (κ1) is 14.7. The van der Waals surface area contributed by atoms with E-state index in [1.165, 1.54) is 0 Å². The van der Waals surface area contributed by atoms with Crippen LogP contribution in [0.2, 0.25) is 0 Å². The van der Waals surface area contributed by atoms with E-state index in [0.717, 1.165) is 29.7 Å². The Morgan fingerprint density at radius 1 is 1.20 bits per heavy atom. The van der Waals surface area contributed by atoms with E-state index >= 15 is 0 Å². The molecule has 2 rings (SSSR count). The van der Waals surface area contributed by atoms with Gasteiger partial charge < -0.3 is 5.32 Å². The van der Waals surface area contributed by atoms with Gasteiger partial charge in [0.15, 0.2) is 0 Å². The van der Waals surface area contributed by atoms with Crippen LogP contribution in [-0.4, -0.2) is 11.5 Å². The molecule has 1 aromatic carbocycles. The van der Waals surface area contributed by atoms with E-state index in [2.05, 4.69) is 17.2 Å². The number of rotatable bonds is 5. The molecule has 0 saturated carbocycles. The predicted octanol–water partition coefficient (Wildman–Crippen LogP) is 3.93. The Balaban J connectivity index is 2.47. The van der Waals surface area contributed by atoms with Gasteiger partial charge >= 0.3 is 0 Å². The van der Waals surface area contributed by atoms with Crippen LogP contribution in [0.5, 0.6) is 0 Å². The number of nitrogens with zero attached hydrogens (tertiary/aromatic N) is 1. The van der Waals surface area contributed by atoms with Crippen molar-refractivity contribution in [1.29, 1.82) is 0 Å². The van der Waals surface area contributed by atoms with Gasteiger partial charge in [-0.1, -0.05) is 24.6 Å². The van der Waals surface area contributed by atoms with Crippen molar-refractivity contribution in [1.82, 2.24) is 10.3 Å². The van der Waals surface area contributed by atoms with Crippen LogP contribution in [0.3, 0.4) is 0 Å². The highest BCUT2D eigenvalue weighted by molar-refractivity contribution is 5.37. The Morgan fingerprint density at radius 2 is 2.00 bits per heavy atom. The fourth-order valence-corrected chi connectivity index (χ4v) is 2.37. The zero-order valence-electron chi connectivity index (χ0n) is 12.3. The Morgan fingerprint density at radius 3 is 2.70 bits per heavy atom. The average Bonchev–Trinajstić information content (AvgIpc) is 2.44. The van der Waals surface area contributed by atoms with Gasteiger partial charge in [0.05, 0.1) is 6.04 Å². The lowest BCUT2D eigenvalue weighted by Crippen LogP contribution is -2.25. The molecule has 2 nitrogen and oxygen atoms in total.